The summed E-state index contributed by atoms with van der Waals surface area (Å²) in [5, 5.41) is 0. The highest BCUT2D eigenvalue weighted by Crippen LogP contribution is 2.21. The second-order valence-electron chi connectivity index (χ2n) is 5.38. The van der Waals surface area contributed by atoms with Crippen molar-refractivity contribution in [1.82, 2.24) is 10.3 Å². The van der Waals surface area contributed by atoms with Crippen molar-refractivity contribution in [1.29, 1.82) is 0 Å². The highest BCUT2D eigenvalue weighted by Gasteiger charge is 2.33. The lowest BCUT2D eigenvalue weighted by molar-refractivity contribution is 0.0912. The number of rotatable bonds is 7. The first-order valence-electron chi connectivity index (χ1n) is 6.91. The molecule has 0 heterocycles. The predicted octanol–water partition coefficient (Wildman–Crippen LogP) is 2.32. The lowest BCUT2D eigenvalue weighted by Gasteiger charge is -2.43. The van der Waals surface area contributed by atoms with Gasteiger partial charge >= 0.3 is 0 Å². The zero-order chi connectivity index (χ0) is 14.5. The van der Waals surface area contributed by atoms with Gasteiger partial charge in [0, 0.05) is 11.6 Å². The molecule has 1 aromatic carbocycles. The molecule has 0 aliphatic carbocycles. The summed E-state index contributed by atoms with van der Waals surface area (Å²) in [7, 11) is 0. The van der Waals surface area contributed by atoms with E-state index < -0.39 is 0 Å². The average Bonchev–Trinajstić information content (AvgIpc) is 2.37. The van der Waals surface area contributed by atoms with Crippen molar-refractivity contribution < 1.29 is 4.39 Å². The molecule has 0 fully saturated rings. The minimum absolute atomic E-state index is 0.0641. The van der Waals surface area contributed by atoms with Gasteiger partial charge in [-0.3, -0.25) is 16.2 Å². The summed E-state index contributed by atoms with van der Waals surface area (Å²) in [5.41, 5.74) is 3.76. The maximum Gasteiger partial charge on any atom is 0.123 e. The molecule has 0 radical (unpaired) electrons. The molecular weight excluding hydrogens is 241 g/mol. The largest absolute Gasteiger partial charge is 0.297 e. The van der Waals surface area contributed by atoms with Gasteiger partial charge in [-0.05, 0) is 51.1 Å². The van der Waals surface area contributed by atoms with Crippen LogP contribution in [-0.4, -0.2) is 29.6 Å². The number of hydrogen-bond acceptors (Lipinski definition) is 3. The molecule has 3 N–H and O–H groups in total. The van der Waals surface area contributed by atoms with Crippen LogP contribution in [0.2, 0.25) is 0 Å². The Morgan fingerprint density at radius 3 is 2.42 bits per heavy atom. The van der Waals surface area contributed by atoms with Gasteiger partial charge in [-0.15, -0.1) is 0 Å². The standard InChI is InChI=1S/C15H26FN3/c1-5-19(6-2)15(3,4)14(18-17)11-12-8-7-9-13(16)10-12/h7-10,14,18H,5-6,11,17H2,1-4H3. The van der Waals surface area contributed by atoms with Crippen LogP contribution >= 0.6 is 0 Å². The Morgan fingerprint density at radius 2 is 1.95 bits per heavy atom. The number of nitrogens with one attached hydrogen (secondary N) is 1. The van der Waals surface area contributed by atoms with E-state index in [1.807, 2.05) is 6.07 Å². The van der Waals surface area contributed by atoms with Crippen molar-refractivity contribution in [2.75, 3.05) is 13.1 Å². The number of likely N-dealkylation sites (N-methyl/N-ethyl adjacent to an activating group) is 1. The molecule has 0 spiro atoms. The number of benzene rings is 1. The molecular formula is C15H26FN3. The first-order valence-corrected chi connectivity index (χ1v) is 6.91. The Labute approximate surface area is 116 Å². The quantitative estimate of drug-likeness (QED) is 0.588. The lowest BCUT2D eigenvalue weighted by Crippen LogP contribution is -2.60. The van der Waals surface area contributed by atoms with Crippen LogP contribution in [0, 0.1) is 5.82 Å². The summed E-state index contributed by atoms with van der Waals surface area (Å²) in [6.45, 7) is 10.5. The van der Waals surface area contributed by atoms with Gasteiger partial charge in [0.1, 0.15) is 5.82 Å². The third kappa shape index (κ3) is 4.00. The molecule has 4 heteroatoms. The molecule has 0 saturated carbocycles. The maximum atomic E-state index is 13.2. The second-order valence-corrected chi connectivity index (χ2v) is 5.38. The van der Waals surface area contributed by atoms with Crippen molar-refractivity contribution in [3.05, 3.63) is 35.6 Å². The fourth-order valence-corrected chi connectivity index (χ4v) is 2.67. The van der Waals surface area contributed by atoms with Crippen LogP contribution in [0.1, 0.15) is 33.3 Å². The van der Waals surface area contributed by atoms with Crippen molar-refractivity contribution >= 4 is 0 Å². The van der Waals surface area contributed by atoms with E-state index in [-0.39, 0.29) is 17.4 Å². The predicted molar refractivity (Wildman–Crippen MR) is 78.2 cm³/mol. The number of halogens is 1. The summed E-state index contributed by atoms with van der Waals surface area (Å²) < 4.78 is 13.2. The number of nitrogens with zero attached hydrogens (tertiary/aromatic N) is 1. The number of nitrogens with two attached hydrogens (primary N) is 1. The van der Waals surface area contributed by atoms with Gasteiger partial charge in [0.25, 0.3) is 0 Å². The summed E-state index contributed by atoms with van der Waals surface area (Å²) in [6, 6.07) is 6.77. The summed E-state index contributed by atoms with van der Waals surface area (Å²) in [5.74, 6) is 5.52. The molecule has 0 amide bonds. The van der Waals surface area contributed by atoms with Crippen LogP contribution in [0.15, 0.2) is 24.3 Å². The Bertz CT molecular complexity index is 389. The highest BCUT2D eigenvalue weighted by molar-refractivity contribution is 5.18. The molecule has 19 heavy (non-hydrogen) atoms. The zero-order valence-electron chi connectivity index (χ0n) is 12.4. The Hall–Kier alpha value is -0.970. The van der Waals surface area contributed by atoms with E-state index in [1.165, 1.54) is 6.07 Å². The van der Waals surface area contributed by atoms with Gasteiger partial charge < -0.3 is 0 Å². The lowest BCUT2D eigenvalue weighted by atomic mass is 9.88. The topological polar surface area (TPSA) is 41.3 Å². The van der Waals surface area contributed by atoms with E-state index >= 15 is 0 Å². The molecule has 0 aromatic heterocycles. The minimum atomic E-state index is -0.200. The van der Waals surface area contributed by atoms with Gasteiger partial charge in [0.2, 0.25) is 0 Å². The van der Waals surface area contributed by atoms with Crippen molar-refractivity contribution in [2.45, 2.75) is 45.7 Å². The fourth-order valence-electron chi connectivity index (χ4n) is 2.67. The summed E-state index contributed by atoms with van der Waals surface area (Å²) in [6.07, 6.45) is 0.706. The van der Waals surface area contributed by atoms with Gasteiger partial charge in [-0.25, -0.2) is 4.39 Å². The third-order valence-corrected chi connectivity index (χ3v) is 3.96. The Kier molecular flexibility index (Phi) is 5.91. The zero-order valence-corrected chi connectivity index (χ0v) is 12.4. The van der Waals surface area contributed by atoms with Crippen LogP contribution in [0.5, 0.6) is 0 Å². The fraction of sp³-hybridized carbons (Fsp3) is 0.600. The van der Waals surface area contributed by atoms with E-state index in [4.69, 9.17) is 5.84 Å². The van der Waals surface area contributed by atoms with Crippen LogP contribution in [-0.2, 0) is 6.42 Å². The number of hydrazine groups is 1. The molecule has 0 aliphatic rings. The highest BCUT2D eigenvalue weighted by atomic mass is 19.1. The normalized spacial score (nSPS) is 13.8. The summed E-state index contributed by atoms with van der Waals surface area (Å²) in [4.78, 5) is 2.36. The van der Waals surface area contributed by atoms with Gasteiger partial charge in [-0.1, -0.05) is 26.0 Å². The molecule has 1 atom stereocenters. The van der Waals surface area contributed by atoms with Crippen LogP contribution in [0.25, 0.3) is 0 Å². The first kappa shape index (κ1) is 16.1. The van der Waals surface area contributed by atoms with Crippen molar-refractivity contribution in [3.8, 4) is 0 Å². The summed E-state index contributed by atoms with van der Waals surface area (Å²) >= 11 is 0. The smallest absolute Gasteiger partial charge is 0.123 e. The molecule has 0 bridgehead atoms. The molecule has 108 valence electrons. The minimum Gasteiger partial charge on any atom is -0.297 e. The van der Waals surface area contributed by atoms with E-state index in [2.05, 4.69) is 38.0 Å². The average molecular weight is 267 g/mol. The molecule has 0 aliphatic heterocycles. The van der Waals surface area contributed by atoms with E-state index in [0.717, 1.165) is 18.7 Å². The second kappa shape index (κ2) is 6.98. The maximum absolute atomic E-state index is 13.2. The van der Waals surface area contributed by atoms with E-state index in [0.29, 0.717) is 6.42 Å². The molecule has 1 aromatic rings. The number of hydrogen-bond donors (Lipinski definition) is 2. The van der Waals surface area contributed by atoms with Crippen LogP contribution < -0.4 is 11.3 Å². The van der Waals surface area contributed by atoms with E-state index in [9.17, 15) is 4.39 Å². The van der Waals surface area contributed by atoms with Crippen LogP contribution in [0.3, 0.4) is 0 Å². The SMILES string of the molecule is CCN(CC)C(C)(C)C(Cc1cccc(F)c1)NN. The van der Waals surface area contributed by atoms with Gasteiger partial charge in [-0.2, -0.15) is 0 Å². The molecule has 0 saturated heterocycles. The van der Waals surface area contributed by atoms with Crippen molar-refractivity contribution in [3.63, 3.8) is 0 Å². The van der Waals surface area contributed by atoms with Gasteiger partial charge in [0.15, 0.2) is 0 Å². The third-order valence-electron chi connectivity index (χ3n) is 3.96. The van der Waals surface area contributed by atoms with E-state index in [1.54, 1.807) is 12.1 Å². The van der Waals surface area contributed by atoms with Crippen LogP contribution in [0.4, 0.5) is 4.39 Å². The Morgan fingerprint density at radius 1 is 1.32 bits per heavy atom. The molecule has 1 rings (SSSR count). The first-order chi connectivity index (χ1) is 8.95. The Balaban J connectivity index is 2.88. The molecule has 1 unspecified atom stereocenters. The van der Waals surface area contributed by atoms with Gasteiger partial charge in [0.05, 0.1) is 0 Å². The monoisotopic (exact) mass is 267 g/mol. The van der Waals surface area contributed by atoms with Crippen molar-refractivity contribution in [2.24, 2.45) is 5.84 Å². The molecule has 3 nitrogen and oxygen atoms in total.